The first-order valence-corrected chi connectivity index (χ1v) is 8.86. The zero-order valence-electron chi connectivity index (χ0n) is 14.0. The van der Waals surface area contributed by atoms with Gasteiger partial charge >= 0.3 is 12.6 Å². The Bertz CT molecular complexity index is 948. The van der Waals surface area contributed by atoms with E-state index >= 15 is 0 Å². The van der Waals surface area contributed by atoms with E-state index in [0.29, 0.717) is 0 Å². The van der Waals surface area contributed by atoms with Gasteiger partial charge in [-0.2, -0.15) is 13.9 Å². The van der Waals surface area contributed by atoms with Crippen LogP contribution in [0.3, 0.4) is 0 Å². The van der Waals surface area contributed by atoms with Crippen molar-refractivity contribution in [3.63, 3.8) is 0 Å². The number of alkyl halides is 2. The number of aromatic nitrogens is 2. The second-order valence-electron chi connectivity index (χ2n) is 5.12. The molecule has 1 N–H and O–H groups in total. The standard InChI is InChI=1S/C16H11Cl4F2N3O3/c1-25-14(28-16(21)22)12(20)13(24-25)8-4-7(9(17)6-10(8)18)5-11(19)15(26)27-3-2-23/h2,4-6,16,23H,3H2,1H3. The molecule has 0 bridgehead atoms. The van der Waals surface area contributed by atoms with Gasteiger partial charge in [0.05, 0.1) is 5.02 Å². The highest BCUT2D eigenvalue weighted by Gasteiger charge is 2.22. The molecule has 1 aromatic heterocycles. The molecule has 0 spiro atoms. The maximum absolute atomic E-state index is 12.6. The highest BCUT2D eigenvalue weighted by Crippen LogP contribution is 2.40. The molecular formula is C16H11Cl4F2N3O3. The number of nitrogens with one attached hydrogen (secondary N) is 1. The fourth-order valence-corrected chi connectivity index (χ4v) is 3.11. The first-order valence-electron chi connectivity index (χ1n) is 7.35. The maximum Gasteiger partial charge on any atom is 0.388 e. The van der Waals surface area contributed by atoms with Crippen LogP contribution >= 0.6 is 46.4 Å². The van der Waals surface area contributed by atoms with E-state index in [0.717, 1.165) is 10.9 Å². The summed E-state index contributed by atoms with van der Waals surface area (Å²) >= 11 is 24.3. The first kappa shape index (κ1) is 22.4. The van der Waals surface area contributed by atoms with Crippen LogP contribution in [0.4, 0.5) is 8.78 Å². The smallest absolute Gasteiger partial charge is 0.388 e. The number of rotatable bonds is 7. The van der Waals surface area contributed by atoms with Crippen molar-refractivity contribution in [2.75, 3.05) is 6.61 Å². The Balaban J connectivity index is 2.50. The van der Waals surface area contributed by atoms with E-state index in [2.05, 4.69) is 9.84 Å². The zero-order chi connectivity index (χ0) is 21.0. The molecule has 0 fully saturated rings. The number of ether oxygens (including phenoxy) is 2. The highest BCUT2D eigenvalue weighted by molar-refractivity contribution is 6.44. The number of hydrogen-bond donors (Lipinski definition) is 1. The van der Waals surface area contributed by atoms with Crippen molar-refractivity contribution in [1.82, 2.24) is 9.78 Å². The normalized spacial score (nSPS) is 11.6. The average Bonchev–Trinajstić information content (AvgIpc) is 2.89. The van der Waals surface area contributed by atoms with Crippen LogP contribution in [0, 0.1) is 5.41 Å². The summed E-state index contributed by atoms with van der Waals surface area (Å²) in [6.07, 6.45) is 2.11. The summed E-state index contributed by atoms with van der Waals surface area (Å²) in [5.41, 5.74) is 0.592. The van der Waals surface area contributed by atoms with Crippen LogP contribution in [0.1, 0.15) is 5.56 Å². The van der Waals surface area contributed by atoms with E-state index in [4.69, 9.17) is 56.5 Å². The minimum Gasteiger partial charge on any atom is -0.456 e. The SMILES string of the molecule is Cn1nc(-c2cc(C=C(Cl)C(=O)OCC=N)c(Cl)cc2Cl)c(Cl)c1OC(F)F. The molecule has 0 radical (unpaired) electrons. The number of hydrogen-bond acceptors (Lipinski definition) is 5. The van der Waals surface area contributed by atoms with Crippen molar-refractivity contribution in [2.24, 2.45) is 7.05 Å². The average molecular weight is 473 g/mol. The van der Waals surface area contributed by atoms with Crippen LogP contribution in [-0.2, 0) is 16.6 Å². The maximum atomic E-state index is 12.6. The fourth-order valence-electron chi connectivity index (χ4n) is 2.11. The lowest BCUT2D eigenvalue weighted by Crippen LogP contribution is -2.06. The van der Waals surface area contributed by atoms with E-state index in [1.807, 2.05) is 0 Å². The van der Waals surface area contributed by atoms with Crippen LogP contribution in [0.2, 0.25) is 15.1 Å². The van der Waals surface area contributed by atoms with Crippen LogP contribution in [0.15, 0.2) is 17.2 Å². The number of nitrogens with zero attached hydrogens (tertiary/aromatic N) is 2. The molecule has 0 aliphatic rings. The number of carbonyl (C=O) groups excluding carboxylic acids is 1. The summed E-state index contributed by atoms with van der Waals surface area (Å²) < 4.78 is 35.2. The Morgan fingerprint density at radius 1 is 1.32 bits per heavy atom. The van der Waals surface area contributed by atoms with Crippen LogP contribution in [0.5, 0.6) is 5.88 Å². The van der Waals surface area contributed by atoms with Gasteiger partial charge in [0.2, 0.25) is 5.88 Å². The molecule has 0 saturated carbocycles. The van der Waals surface area contributed by atoms with Crippen molar-refractivity contribution in [1.29, 1.82) is 5.41 Å². The Hall–Kier alpha value is -1.87. The van der Waals surface area contributed by atoms with E-state index in [9.17, 15) is 13.6 Å². The monoisotopic (exact) mass is 471 g/mol. The van der Waals surface area contributed by atoms with Gasteiger partial charge in [-0.1, -0.05) is 46.4 Å². The number of carbonyl (C=O) groups is 1. The molecule has 12 heteroatoms. The number of aryl methyl sites for hydroxylation is 1. The first-order chi connectivity index (χ1) is 13.1. The second-order valence-corrected chi connectivity index (χ2v) is 6.72. The van der Waals surface area contributed by atoms with Gasteiger partial charge in [0.15, 0.2) is 0 Å². The summed E-state index contributed by atoms with van der Waals surface area (Å²) in [5.74, 6) is -1.20. The van der Waals surface area contributed by atoms with Crippen molar-refractivity contribution >= 4 is 64.7 Å². The Labute approximate surface area is 178 Å². The van der Waals surface area contributed by atoms with E-state index in [-0.39, 0.29) is 49.4 Å². The van der Waals surface area contributed by atoms with Gasteiger partial charge in [0, 0.05) is 23.8 Å². The molecule has 0 unspecified atom stereocenters. The highest BCUT2D eigenvalue weighted by atomic mass is 35.5. The van der Waals surface area contributed by atoms with Crippen molar-refractivity contribution in [3.8, 4) is 17.1 Å². The van der Waals surface area contributed by atoms with Gasteiger partial charge in [-0.15, -0.1) is 0 Å². The van der Waals surface area contributed by atoms with Crippen molar-refractivity contribution in [3.05, 3.63) is 37.8 Å². The van der Waals surface area contributed by atoms with Crippen LogP contribution in [-0.4, -0.2) is 35.2 Å². The van der Waals surface area contributed by atoms with Crippen LogP contribution in [0.25, 0.3) is 17.3 Å². The molecule has 1 aromatic carbocycles. The predicted molar refractivity (Wildman–Crippen MR) is 104 cm³/mol. The summed E-state index contributed by atoms with van der Waals surface area (Å²) in [4.78, 5) is 11.7. The van der Waals surface area contributed by atoms with Gasteiger partial charge < -0.3 is 14.9 Å². The van der Waals surface area contributed by atoms with Gasteiger partial charge in [0.25, 0.3) is 0 Å². The van der Waals surface area contributed by atoms with Crippen molar-refractivity contribution in [2.45, 2.75) is 6.61 Å². The molecule has 6 nitrogen and oxygen atoms in total. The molecule has 2 rings (SSSR count). The third-order valence-electron chi connectivity index (χ3n) is 3.26. The lowest BCUT2D eigenvalue weighted by atomic mass is 10.1. The summed E-state index contributed by atoms with van der Waals surface area (Å²) in [6, 6.07) is 2.79. The van der Waals surface area contributed by atoms with Gasteiger partial charge in [0.1, 0.15) is 22.4 Å². The summed E-state index contributed by atoms with van der Waals surface area (Å²) in [5, 5.41) is 10.7. The number of benzene rings is 1. The molecule has 2 aromatic rings. The third kappa shape index (κ3) is 5.14. The molecule has 28 heavy (non-hydrogen) atoms. The Kier molecular flexibility index (Phi) is 7.65. The Morgan fingerprint density at radius 3 is 2.61 bits per heavy atom. The second kappa shape index (κ2) is 9.56. The van der Waals surface area contributed by atoms with Gasteiger partial charge in [-0.05, 0) is 23.8 Å². The molecule has 1 heterocycles. The van der Waals surface area contributed by atoms with E-state index in [1.165, 1.54) is 25.3 Å². The molecular weight excluding hydrogens is 462 g/mol. The summed E-state index contributed by atoms with van der Waals surface area (Å²) in [7, 11) is 1.37. The number of halogens is 6. The largest absolute Gasteiger partial charge is 0.456 e. The molecule has 0 saturated heterocycles. The van der Waals surface area contributed by atoms with Crippen molar-refractivity contribution < 1.29 is 23.0 Å². The number of esters is 1. The lowest BCUT2D eigenvalue weighted by Gasteiger charge is -2.07. The fraction of sp³-hybridized carbons (Fsp3) is 0.188. The van der Waals surface area contributed by atoms with Gasteiger partial charge in [-0.25, -0.2) is 9.48 Å². The topological polar surface area (TPSA) is 77.2 Å². The van der Waals surface area contributed by atoms with Gasteiger partial charge in [-0.3, -0.25) is 0 Å². The predicted octanol–water partition coefficient (Wildman–Crippen LogP) is 5.42. The zero-order valence-corrected chi connectivity index (χ0v) is 17.0. The lowest BCUT2D eigenvalue weighted by molar-refractivity contribution is -0.136. The molecule has 0 aliphatic carbocycles. The molecule has 0 aliphatic heterocycles. The minimum atomic E-state index is -3.09. The quantitative estimate of drug-likeness (QED) is 0.331. The van der Waals surface area contributed by atoms with Crippen LogP contribution < -0.4 is 4.74 Å². The third-order valence-corrected chi connectivity index (χ3v) is 4.50. The minimum absolute atomic E-state index is 0.0682. The molecule has 0 atom stereocenters. The Morgan fingerprint density at radius 2 is 2.00 bits per heavy atom. The van der Waals surface area contributed by atoms with E-state index < -0.39 is 12.6 Å². The summed E-state index contributed by atoms with van der Waals surface area (Å²) in [6.45, 7) is -3.33. The molecule has 0 amide bonds. The van der Waals surface area contributed by atoms with E-state index in [1.54, 1.807) is 0 Å². The molecule has 150 valence electrons.